The first-order chi connectivity index (χ1) is 14.4. The molecule has 30 heavy (non-hydrogen) atoms. The molecule has 0 aliphatic heterocycles. The average molecular weight is 411 g/mol. The Kier molecular flexibility index (Phi) is 7.14. The normalized spacial score (nSPS) is 25.3. The highest BCUT2D eigenvalue weighted by molar-refractivity contribution is 5.88. The topological polar surface area (TPSA) is 87.7 Å². The maximum atomic E-state index is 11.6. The van der Waals surface area contributed by atoms with Crippen molar-refractivity contribution in [2.75, 3.05) is 0 Å². The van der Waals surface area contributed by atoms with Gasteiger partial charge in [0.1, 0.15) is 0 Å². The second-order valence-corrected chi connectivity index (χ2v) is 8.52. The molecule has 1 aromatic heterocycles. The Morgan fingerprint density at radius 2 is 1.87 bits per heavy atom. The number of carboxylic acid groups (broad SMARTS) is 2. The van der Waals surface area contributed by atoms with Crippen LogP contribution in [-0.2, 0) is 11.2 Å². The standard InChI is InChI=1S/C18H24O3.C7H6O2/c1-18-10-3-4-14(8-7-13-9-11-21-12-13)15(18)5-2-6-16(18)17(19)20;8-7(9)6-4-2-1-3-5-6/h6,9,11-12,14-15H,2-5,7-8,10H2,1H3,(H,19,20);1-5H,(H,8,9)/t14-,15-,18-;/m1./s1. The summed E-state index contributed by atoms with van der Waals surface area (Å²) in [4.78, 5) is 21.8. The third kappa shape index (κ3) is 5.02. The number of hydrogen-bond donors (Lipinski definition) is 2. The van der Waals surface area contributed by atoms with Crippen molar-refractivity contribution in [3.8, 4) is 0 Å². The lowest BCUT2D eigenvalue weighted by molar-refractivity contribution is -0.135. The van der Waals surface area contributed by atoms with Crippen molar-refractivity contribution in [2.45, 2.75) is 51.9 Å². The molecule has 0 saturated heterocycles. The molecule has 2 N–H and O–H groups in total. The molecule has 3 atom stereocenters. The molecule has 0 spiro atoms. The number of carbonyl (C=O) groups is 2. The van der Waals surface area contributed by atoms with E-state index in [2.05, 4.69) is 6.92 Å². The van der Waals surface area contributed by atoms with Crippen LogP contribution in [-0.4, -0.2) is 22.2 Å². The Morgan fingerprint density at radius 3 is 2.47 bits per heavy atom. The van der Waals surface area contributed by atoms with Gasteiger partial charge >= 0.3 is 11.9 Å². The minimum absolute atomic E-state index is 0.122. The van der Waals surface area contributed by atoms with Gasteiger partial charge in [0, 0.05) is 11.0 Å². The summed E-state index contributed by atoms with van der Waals surface area (Å²) in [6.45, 7) is 2.18. The third-order valence-electron chi connectivity index (χ3n) is 6.73. The van der Waals surface area contributed by atoms with Crippen molar-refractivity contribution in [3.63, 3.8) is 0 Å². The zero-order valence-electron chi connectivity index (χ0n) is 17.4. The molecule has 0 unspecified atom stereocenters. The molecule has 4 rings (SSSR count). The predicted octanol–water partition coefficient (Wildman–Crippen LogP) is 5.82. The second-order valence-electron chi connectivity index (χ2n) is 8.52. The molecule has 0 radical (unpaired) electrons. The van der Waals surface area contributed by atoms with Gasteiger partial charge < -0.3 is 14.6 Å². The van der Waals surface area contributed by atoms with Gasteiger partial charge in [-0.1, -0.05) is 44.0 Å². The van der Waals surface area contributed by atoms with Gasteiger partial charge in [-0.05, 0) is 67.7 Å². The molecule has 160 valence electrons. The Balaban J connectivity index is 0.000000239. The number of aryl methyl sites for hydroxylation is 1. The van der Waals surface area contributed by atoms with E-state index in [1.165, 1.54) is 12.0 Å². The number of fused-ring (bicyclic) bond motifs is 1. The number of aromatic carboxylic acids is 1. The summed E-state index contributed by atoms with van der Waals surface area (Å²) in [7, 11) is 0. The zero-order valence-corrected chi connectivity index (χ0v) is 17.4. The summed E-state index contributed by atoms with van der Waals surface area (Å²) in [5, 5.41) is 17.9. The number of aliphatic carboxylic acids is 1. The van der Waals surface area contributed by atoms with Crippen LogP contribution < -0.4 is 0 Å². The van der Waals surface area contributed by atoms with Crippen LogP contribution in [0.5, 0.6) is 0 Å². The molecule has 2 aliphatic rings. The SMILES string of the molecule is C[C@@]12CCC[C@H](CCc3ccoc3)[C@H]1CCC=C2C(=O)O.O=C(O)c1ccccc1. The van der Waals surface area contributed by atoms with Crippen LogP contribution in [0.3, 0.4) is 0 Å². The summed E-state index contributed by atoms with van der Waals surface area (Å²) in [6, 6.07) is 10.3. The minimum atomic E-state index is -0.879. The van der Waals surface area contributed by atoms with Gasteiger partial charge in [-0.2, -0.15) is 0 Å². The van der Waals surface area contributed by atoms with E-state index in [4.69, 9.17) is 9.52 Å². The van der Waals surface area contributed by atoms with E-state index in [1.807, 2.05) is 18.4 Å². The molecule has 1 saturated carbocycles. The first kappa shape index (κ1) is 21.9. The highest BCUT2D eigenvalue weighted by Gasteiger charge is 2.47. The van der Waals surface area contributed by atoms with Crippen LogP contribution in [0, 0.1) is 17.3 Å². The van der Waals surface area contributed by atoms with Gasteiger partial charge in [0.2, 0.25) is 0 Å². The van der Waals surface area contributed by atoms with Crippen molar-refractivity contribution >= 4 is 11.9 Å². The van der Waals surface area contributed by atoms with Crippen LogP contribution >= 0.6 is 0 Å². The Labute approximate surface area is 177 Å². The second kappa shape index (κ2) is 9.79. The van der Waals surface area contributed by atoms with Gasteiger partial charge in [-0.3, -0.25) is 0 Å². The summed E-state index contributed by atoms with van der Waals surface area (Å²) in [6.07, 6.45) is 13.2. The van der Waals surface area contributed by atoms with Crippen molar-refractivity contribution in [3.05, 3.63) is 71.7 Å². The predicted molar refractivity (Wildman–Crippen MR) is 114 cm³/mol. The monoisotopic (exact) mass is 410 g/mol. The quantitative estimate of drug-likeness (QED) is 0.648. The summed E-state index contributed by atoms with van der Waals surface area (Å²) >= 11 is 0. The van der Waals surface area contributed by atoms with Crippen LogP contribution in [0.2, 0.25) is 0 Å². The van der Waals surface area contributed by atoms with Crippen LogP contribution in [0.4, 0.5) is 0 Å². The molecule has 2 aromatic rings. The Morgan fingerprint density at radius 1 is 1.10 bits per heavy atom. The molecule has 2 aliphatic carbocycles. The summed E-state index contributed by atoms with van der Waals surface area (Å²) in [5.74, 6) is -0.427. The molecule has 1 fully saturated rings. The van der Waals surface area contributed by atoms with Gasteiger partial charge in [-0.25, -0.2) is 9.59 Å². The van der Waals surface area contributed by atoms with Gasteiger partial charge in [0.15, 0.2) is 0 Å². The van der Waals surface area contributed by atoms with E-state index in [1.54, 1.807) is 36.6 Å². The molecular weight excluding hydrogens is 380 g/mol. The lowest BCUT2D eigenvalue weighted by atomic mass is 9.55. The van der Waals surface area contributed by atoms with Gasteiger partial charge in [0.05, 0.1) is 18.1 Å². The summed E-state index contributed by atoms with van der Waals surface area (Å²) < 4.78 is 5.14. The van der Waals surface area contributed by atoms with E-state index in [-0.39, 0.29) is 5.41 Å². The number of allylic oxidation sites excluding steroid dienone is 1. The molecule has 5 nitrogen and oxygen atoms in total. The van der Waals surface area contributed by atoms with E-state index >= 15 is 0 Å². The van der Waals surface area contributed by atoms with Crippen LogP contribution in [0.15, 0.2) is 65.0 Å². The lowest BCUT2D eigenvalue weighted by Gasteiger charge is -2.49. The molecule has 0 amide bonds. The fourth-order valence-electron chi connectivity index (χ4n) is 5.21. The van der Waals surface area contributed by atoms with Gasteiger partial charge in [-0.15, -0.1) is 0 Å². The lowest BCUT2D eigenvalue weighted by Crippen LogP contribution is -2.42. The first-order valence-electron chi connectivity index (χ1n) is 10.6. The maximum Gasteiger partial charge on any atom is 0.335 e. The molecule has 1 heterocycles. The fourth-order valence-corrected chi connectivity index (χ4v) is 5.21. The molecule has 5 heteroatoms. The maximum absolute atomic E-state index is 11.6. The number of benzene rings is 1. The molecular formula is C25H30O5. The smallest absolute Gasteiger partial charge is 0.335 e. The number of hydrogen-bond acceptors (Lipinski definition) is 3. The van der Waals surface area contributed by atoms with Crippen LogP contribution in [0.1, 0.15) is 61.4 Å². The summed E-state index contributed by atoms with van der Waals surface area (Å²) in [5.41, 5.74) is 2.14. The Bertz CT molecular complexity index is 868. The van der Waals surface area contributed by atoms with E-state index in [0.29, 0.717) is 23.0 Å². The third-order valence-corrected chi connectivity index (χ3v) is 6.73. The number of rotatable bonds is 5. The van der Waals surface area contributed by atoms with Crippen molar-refractivity contribution in [1.82, 2.24) is 0 Å². The first-order valence-corrected chi connectivity index (χ1v) is 10.6. The zero-order chi connectivity index (χ0) is 21.6. The minimum Gasteiger partial charge on any atom is -0.478 e. The van der Waals surface area contributed by atoms with Gasteiger partial charge in [0.25, 0.3) is 0 Å². The van der Waals surface area contributed by atoms with Crippen molar-refractivity contribution < 1.29 is 24.2 Å². The largest absolute Gasteiger partial charge is 0.478 e. The number of furan rings is 1. The Hall–Kier alpha value is -2.82. The fraction of sp³-hybridized carbons (Fsp3) is 0.440. The van der Waals surface area contributed by atoms with E-state index < -0.39 is 11.9 Å². The van der Waals surface area contributed by atoms with Crippen molar-refractivity contribution in [1.29, 1.82) is 0 Å². The highest BCUT2D eigenvalue weighted by Crippen LogP contribution is 2.54. The number of carboxylic acids is 2. The average Bonchev–Trinajstić information content (AvgIpc) is 3.26. The van der Waals surface area contributed by atoms with E-state index in [0.717, 1.165) is 38.5 Å². The van der Waals surface area contributed by atoms with E-state index in [9.17, 15) is 14.7 Å². The van der Waals surface area contributed by atoms with Crippen molar-refractivity contribution in [2.24, 2.45) is 17.3 Å². The molecule has 0 bridgehead atoms. The van der Waals surface area contributed by atoms with Crippen LogP contribution in [0.25, 0.3) is 0 Å². The highest BCUT2D eigenvalue weighted by atomic mass is 16.4. The molecule has 1 aromatic carbocycles.